The van der Waals surface area contributed by atoms with Crippen molar-refractivity contribution in [2.24, 2.45) is 5.41 Å². The van der Waals surface area contributed by atoms with E-state index in [4.69, 9.17) is 4.74 Å². The van der Waals surface area contributed by atoms with Crippen LogP contribution in [0.1, 0.15) is 26.3 Å². The predicted octanol–water partition coefficient (Wildman–Crippen LogP) is 2.93. The van der Waals surface area contributed by atoms with E-state index in [0.29, 0.717) is 6.04 Å². The van der Waals surface area contributed by atoms with Gasteiger partial charge in [0.25, 0.3) is 0 Å². The standard InChI is InChI=1S/C15H23NO/c1-15(2,3)14-12-17-10-9-16(14)11-13-7-5-4-6-8-13/h4-8,14H,9-12H2,1-3H3/t14-/m0/s1. The summed E-state index contributed by atoms with van der Waals surface area (Å²) in [5.74, 6) is 0. The van der Waals surface area contributed by atoms with Gasteiger partial charge in [0.1, 0.15) is 0 Å². The Morgan fingerprint density at radius 3 is 2.59 bits per heavy atom. The van der Waals surface area contributed by atoms with E-state index >= 15 is 0 Å². The minimum Gasteiger partial charge on any atom is -0.378 e. The summed E-state index contributed by atoms with van der Waals surface area (Å²) in [4.78, 5) is 2.55. The Morgan fingerprint density at radius 1 is 1.24 bits per heavy atom. The van der Waals surface area contributed by atoms with Gasteiger partial charge in [0.05, 0.1) is 13.2 Å². The van der Waals surface area contributed by atoms with E-state index < -0.39 is 0 Å². The normalized spacial score (nSPS) is 22.6. The van der Waals surface area contributed by atoms with Crippen LogP contribution in [0.4, 0.5) is 0 Å². The summed E-state index contributed by atoms with van der Waals surface area (Å²) in [5.41, 5.74) is 1.67. The first kappa shape index (κ1) is 12.6. The van der Waals surface area contributed by atoms with E-state index in [9.17, 15) is 0 Å². The van der Waals surface area contributed by atoms with Crippen LogP contribution in [-0.4, -0.2) is 30.7 Å². The first-order valence-electron chi connectivity index (χ1n) is 6.43. The number of rotatable bonds is 2. The Kier molecular flexibility index (Phi) is 3.85. The van der Waals surface area contributed by atoms with Gasteiger partial charge in [-0.25, -0.2) is 0 Å². The van der Waals surface area contributed by atoms with Crippen molar-refractivity contribution in [1.82, 2.24) is 4.90 Å². The van der Waals surface area contributed by atoms with Crippen LogP contribution in [0.25, 0.3) is 0 Å². The fraction of sp³-hybridized carbons (Fsp3) is 0.600. The van der Waals surface area contributed by atoms with Crippen molar-refractivity contribution >= 4 is 0 Å². The molecule has 0 radical (unpaired) electrons. The molecule has 1 aliphatic rings. The molecule has 0 saturated carbocycles. The molecule has 0 aromatic heterocycles. The van der Waals surface area contributed by atoms with E-state index in [-0.39, 0.29) is 5.41 Å². The maximum absolute atomic E-state index is 5.63. The monoisotopic (exact) mass is 233 g/mol. The molecule has 0 bridgehead atoms. The third kappa shape index (κ3) is 3.30. The van der Waals surface area contributed by atoms with Gasteiger partial charge in [0.15, 0.2) is 0 Å². The van der Waals surface area contributed by atoms with Gasteiger partial charge in [0.2, 0.25) is 0 Å². The van der Waals surface area contributed by atoms with Gasteiger partial charge < -0.3 is 4.74 Å². The second kappa shape index (κ2) is 5.19. The van der Waals surface area contributed by atoms with E-state index in [1.54, 1.807) is 0 Å². The molecule has 2 nitrogen and oxygen atoms in total. The average molecular weight is 233 g/mol. The van der Waals surface area contributed by atoms with Crippen molar-refractivity contribution in [3.63, 3.8) is 0 Å². The van der Waals surface area contributed by atoms with Gasteiger partial charge >= 0.3 is 0 Å². The van der Waals surface area contributed by atoms with E-state index in [1.807, 2.05) is 0 Å². The lowest BCUT2D eigenvalue weighted by Crippen LogP contribution is -2.51. The average Bonchev–Trinajstić information content (AvgIpc) is 2.30. The lowest BCUT2D eigenvalue weighted by atomic mass is 9.85. The van der Waals surface area contributed by atoms with Gasteiger partial charge in [-0.15, -0.1) is 0 Å². The Balaban J connectivity index is 2.07. The van der Waals surface area contributed by atoms with Crippen LogP contribution in [0.15, 0.2) is 30.3 Å². The summed E-state index contributed by atoms with van der Waals surface area (Å²) in [6.45, 7) is 10.7. The van der Waals surface area contributed by atoms with Crippen LogP contribution in [0.5, 0.6) is 0 Å². The van der Waals surface area contributed by atoms with Gasteiger partial charge in [0, 0.05) is 19.1 Å². The molecule has 17 heavy (non-hydrogen) atoms. The number of nitrogens with zero attached hydrogens (tertiary/aromatic N) is 1. The zero-order chi connectivity index (χ0) is 12.3. The second-order valence-corrected chi connectivity index (χ2v) is 5.91. The molecule has 2 rings (SSSR count). The first-order valence-corrected chi connectivity index (χ1v) is 6.43. The largest absolute Gasteiger partial charge is 0.378 e. The molecule has 0 unspecified atom stereocenters. The molecule has 1 atom stereocenters. The molecule has 1 aromatic carbocycles. The molecule has 1 saturated heterocycles. The third-order valence-corrected chi connectivity index (χ3v) is 3.47. The van der Waals surface area contributed by atoms with Crippen molar-refractivity contribution in [1.29, 1.82) is 0 Å². The molecule has 0 spiro atoms. The lowest BCUT2D eigenvalue weighted by molar-refractivity contribution is -0.0520. The number of benzene rings is 1. The Morgan fingerprint density at radius 2 is 1.94 bits per heavy atom. The first-order chi connectivity index (χ1) is 8.07. The van der Waals surface area contributed by atoms with Crippen molar-refractivity contribution < 1.29 is 4.74 Å². The molecule has 0 N–H and O–H groups in total. The van der Waals surface area contributed by atoms with E-state index in [0.717, 1.165) is 26.3 Å². The maximum Gasteiger partial charge on any atom is 0.0627 e. The Hall–Kier alpha value is -0.860. The number of hydrogen-bond acceptors (Lipinski definition) is 2. The van der Waals surface area contributed by atoms with Gasteiger partial charge in [-0.2, -0.15) is 0 Å². The highest BCUT2D eigenvalue weighted by Gasteiger charge is 2.32. The summed E-state index contributed by atoms with van der Waals surface area (Å²) in [5, 5.41) is 0. The van der Waals surface area contributed by atoms with Crippen molar-refractivity contribution in [3.05, 3.63) is 35.9 Å². The third-order valence-electron chi connectivity index (χ3n) is 3.47. The molecule has 1 heterocycles. The van der Waals surface area contributed by atoms with E-state index in [1.165, 1.54) is 5.56 Å². The molecule has 0 amide bonds. The summed E-state index contributed by atoms with van der Waals surface area (Å²) in [7, 11) is 0. The van der Waals surface area contributed by atoms with Crippen LogP contribution in [0, 0.1) is 5.41 Å². The number of hydrogen-bond donors (Lipinski definition) is 0. The Bertz CT molecular complexity index is 342. The topological polar surface area (TPSA) is 12.5 Å². The fourth-order valence-corrected chi connectivity index (χ4v) is 2.44. The molecule has 94 valence electrons. The van der Waals surface area contributed by atoms with Crippen LogP contribution in [0.2, 0.25) is 0 Å². The molecular formula is C15H23NO. The highest BCUT2D eigenvalue weighted by Crippen LogP contribution is 2.27. The molecule has 1 fully saturated rings. The smallest absolute Gasteiger partial charge is 0.0627 e. The van der Waals surface area contributed by atoms with Crippen molar-refractivity contribution in [2.75, 3.05) is 19.8 Å². The zero-order valence-corrected chi connectivity index (χ0v) is 11.1. The molecule has 1 aliphatic heterocycles. The van der Waals surface area contributed by atoms with Crippen LogP contribution in [-0.2, 0) is 11.3 Å². The summed E-state index contributed by atoms with van der Waals surface area (Å²) in [6, 6.07) is 11.2. The highest BCUT2D eigenvalue weighted by atomic mass is 16.5. The molecule has 1 aromatic rings. The summed E-state index contributed by atoms with van der Waals surface area (Å²) in [6.07, 6.45) is 0. The predicted molar refractivity (Wildman–Crippen MR) is 70.9 cm³/mol. The zero-order valence-electron chi connectivity index (χ0n) is 11.1. The second-order valence-electron chi connectivity index (χ2n) is 5.91. The van der Waals surface area contributed by atoms with Gasteiger partial charge in [-0.05, 0) is 11.0 Å². The van der Waals surface area contributed by atoms with Crippen molar-refractivity contribution in [3.8, 4) is 0 Å². The lowest BCUT2D eigenvalue weighted by Gasteiger charge is -2.43. The summed E-state index contributed by atoms with van der Waals surface area (Å²) >= 11 is 0. The molecule has 0 aliphatic carbocycles. The minimum atomic E-state index is 0.273. The fourth-order valence-electron chi connectivity index (χ4n) is 2.44. The quantitative estimate of drug-likeness (QED) is 0.778. The van der Waals surface area contributed by atoms with E-state index in [2.05, 4.69) is 56.0 Å². The number of ether oxygens (including phenoxy) is 1. The van der Waals surface area contributed by atoms with Crippen LogP contribution < -0.4 is 0 Å². The molecule has 2 heteroatoms. The Labute approximate surface area is 105 Å². The van der Waals surface area contributed by atoms with Crippen molar-refractivity contribution in [2.45, 2.75) is 33.4 Å². The van der Waals surface area contributed by atoms with Gasteiger partial charge in [-0.3, -0.25) is 4.90 Å². The SMILES string of the molecule is CC(C)(C)[C@@H]1COCCN1Cc1ccccc1. The number of morpholine rings is 1. The molecular weight excluding hydrogens is 210 g/mol. The maximum atomic E-state index is 5.63. The highest BCUT2D eigenvalue weighted by molar-refractivity contribution is 5.14. The van der Waals surface area contributed by atoms with Crippen LogP contribution >= 0.6 is 0 Å². The van der Waals surface area contributed by atoms with Gasteiger partial charge in [-0.1, -0.05) is 51.1 Å². The summed E-state index contributed by atoms with van der Waals surface area (Å²) < 4.78 is 5.63. The van der Waals surface area contributed by atoms with Crippen LogP contribution in [0.3, 0.4) is 0 Å². The minimum absolute atomic E-state index is 0.273.